The van der Waals surface area contributed by atoms with Crippen LogP contribution in [0.25, 0.3) is 0 Å². The van der Waals surface area contributed by atoms with Crippen LogP contribution in [0.4, 0.5) is 0 Å². The number of hydrogen-bond donors (Lipinski definition) is 3. The third kappa shape index (κ3) is 5.32. The molecule has 3 N–H and O–H groups in total. The van der Waals surface area contributed by atoms with Crippen molar-refractivity contribution in [3.05, 3.63) is 36.6 Å². The molecule has 0 saturated carbocycles. The molecule has 0 radical (unpaired) electrons. The minimum absolute atomic E-state index is 0.120. The topological polar surface area (TPSA) is 104 Å². The molecule has 16 heavy (non-hydrogen) atoms. The van der Waals surface area contributed by atoms with Crippen molar-refractivity contribution in [2.45, 2.75) is 0 Å². The van der Waals surface area contributed by atoms with Crippen LogP contribution in [0.15, 0.2) is 36.6 Å². The van der Waals surface area contributed by atoms with Crippen molar-refractivity contribution < 1.29 is 22.9 Å². The average molecular weight is 247 g/mol. The highest BCUT2D eigenvalue weighted by Gasteiger charge is 2.11. The van der Waals surface area contributed by atoms with Crippen molar-refractivity contribution in [1.29, 1.82) is 0 Å². The summed E-state index contributed by atoms with van der Waals surface area (Å²) in [5.41, 5.74) is -0.120. The molecule has 7 heteroatoms. The van der Waals surface area contributed by atoms with E-state index in [0.29, 0.717) is 0 Å². The van der Waals surface area contributed by atoms with E-state index in [0.717, 1.165) is 12.2 Å². The Morgan fingerprint density at radius 1 is 1.31 bits per heavy atom. The number of carbonyl (C=O) groups excluding carboxylic acids is 1. The van der Waals surface area contributed by atoms with E-state index in [1.54, 1.807) is 0 Å². The Morgan fingerprint density at radius 2 is 1.88 bits per heavy atom. The molecule has 0 aliphatic rings. The molecular formula is C9H13NO5S. The monoisotopic (exact) mass is 247 g/mol. The molecule has 0 saturated heterocycles. The van der Waals surface area contributed by atoms with E-state index in [-0.39, 0.29) is 17.9 Å². The third-order valence-electron chi connectivity index (χ3n) is 1.56. The van der Waals surface area contributed by atoms with Crippen LogP contribution in [0.1, 0.15) is 0 Å². The maximum absolute atomic E-state index is 11.3. The predicted octanol–water partition coefficient (Wildman–Crippen LogP) is 0.175. The molecule has 0 unspecified atom stereocenters. The smallest absolute Gasteiger partial charge is 0.266 e. The first-order valence-electron chi connectivity index (χ1n) is 4.23. The van der Waals surface area contributed by atoms with E-state index in [4.69, 9.17) is 4.55 Å². The number of carbonyl (C=O) groups is 1. The maximum atomic E-state index is 11.3. The number of hydrogen-bond acceptors (Lipinski definition) is 4. The van der Waals surface area contributed by atoms with E-state index in [9.17, 15) is 18.3 Å². The normalized spacial score (nSPS) is 12.6. The molecule has 0 aromatic heterocycles. The quantitative estimate of drug-likeness (QED) is 0.269. The zero-order chi connectivity index (χ0) is 12.8. The van der Waals surface area contributed by atoms with E-state index in [2.05, 4.69) is 18.5 Å². The van der Waals surface area contributed by atoms with Gasteiger partial charge in [0.15, 0.2) is 0 Å². The van der Waals surface area contributed by atoms with Gasteiger partial charge in [0.25, 0.3) is 16.0 Å². The molecular weight excluding hydrogens is 234 g/mol. The molecule has 0 spiro atoms. The highest BCUT2D eigenvalue weighted by atomic mass is 32.2. The van der Waals surface area contributed by atoms with Crippen LogP contribution < -0.4 is 5.32 Å². The second-order valence-corrected chi connectivity index (χ2v) is 4.32. The third-order valence-corrected chi connectivity index (χ3v) is 2.28. The lowest BCUT2D eigenvalue weighted by Crippen LogP contribution is -2.30. The summed E-state index contributed by atoms with van der Waals surface area (Å²) in [6, 6.07) is 0. The number of amides is 1. The van der Waals surface area contributed by atoms with Gasteiger partial charge in [-0.15, -0.1) is 0 Å². The first-order chi connectivity index (χ1) is 7.31. The number of rotatable bonds is 6. The molecule has 0 aliphatic heterocycles. The van der Waals surface area contributed by atoms with Crippen LogP contribution in [-0.2, 0) is 14.9 Å². The minimum Gasteiger partial charge on any atom is -0.507 e. The van der Waals surface area contributed by atoms with Crippen molar-refractivity contribution in [1.82, 2.24) is 5.32 Å². The maximum Gasteiger partial charge on any atom is 0.266 e. The summed E-state index contributed by atoms with van der Waals surface area (Å²) in [5.74, 6) is -1.66. The van der Waals surface area contributed by atoms with Crippen molar-refractivity contribution >= 4 is 16.0 Å². The Morgan fingerprint density at radius 3 is 2.25 bits per heavy atom. The van der Waals surface area contributed by atoms with Crippen LogP contribution in [0.3, 0.4) is 0 Å². The molecule has 0 rings (SSSR count). The lowest BCUT2D eigenvalue weighted by molar-refractivity contribution is -0.117. The Hall–Kier alpha value is -1.60. The second-order valence-electron chi connectivity index (χ2n) is 2.75. The summed E-state index contributed by atoms with van der Waals surface area (Å²) >= 11 is 0. The second kappa shape index (κ2) is 6.09. The SMILES string of the molecule is C=C/C(O)=C(\C=C)C(=O)NCCS(=O)(=O)O. The Kier molecular flexibility index (Phi) is 5.48. The molecule has 90 valence electrons. The summed E-state index contributed by atoms with van der Waals surface area (Å²) in [4.78, 5) is 11.3. The molecule has 0 fully saturated rings. The summed E-state index contributed by atoms with van der Waals surface area (Å²) in [5, 5.41) is 11.4. The molecule has 0 aromatic rings. The fourth-order valence-electron chi connectivity index (χ4n) is 0.812. The van der Waals surface area contributed by atoms with Crippen molar-refractivity contribution in [3.8, 4) is 0 Å². The zero-order valence-electron chi connectivity index (χ0n) is 8.51. The fourth-order valence-corrected chi connectivity index (χ4v) is 1.17. The van der Waals surface area contributed by atoms with Crippen LogP contribution in [0, 0.1) is 0 Å². The predicted molar refractivity (Wildman–Crippen MR) is 59.5 cm³/mol. The number of nitrogens with one attached hydrogen (secondary N) is 1. The Labute approximate surface area is 93.7 Å². The van der Waals surface area contributed by atoms with Gasteiger partial charge in [-0.1, -0.05) is 19.2 Å². The van der Waals surface area contributed by atoms with Gasteiger partial charge in [-0.25, -0.2) is 0 Å². The van der Waals surface area contributed by atoms with Gasteiger partial charge in [-0.3, -0.25) is 9.35 Å². The molecule has 0 aliphatic carbocycles. The molecule has 0 aromatic carbocycles. The summed E-state index contributed by atoms with van der Waals surface area (Å²) in [6.07, 6.45) is 2.17. The first kappa shape index (κ1) is 14.4. The summed E-state index contributed by atoms with van der Waals surface area (Å²) in [6.45, 7) is 6.31. The molecule has 6 nitrogen and oxygen atoms in total. The molecule has 0 atom stereocenters. The van der Waals surface area contributed by atoms with Crippen LogP contribution in [0.2, 0.25) is 0 Å². The average Bonchev–Trinajstić information content (AvgIpc) is 2.16. The van der Waals surface area contributed by atoms with Gasteiger partial charge >= 0.3 is 0 Å². The highest BCUT2D eigenvalue weighted by molar-refractivity contribution is 7.85. The molecule has 1 amide bonds. The van der Waals surface area contributed by atoms with Gasteiger partial charge in [-0.05, 0) is 6.08 Å². The van der Waals surface area contributed by atoms with E-state index in [1.165, 1.54) is 0 Å². The van der Waals surface area contributed by atoms with Crippen LogP contribution in [-0.4, -0.2) is 36.3 Å². The van der Waals surface area contributed by atoms with Crippen molar-refractivity contribution in [2.75, 3.05) is 12.3 Å². The standard InChI is InChI=1S/C9H13NO5S/c1-3-7(8(11)4-2)9(12)10-5-6-16(13,14)15/h3-4,11H,1-2,5-6H2,(H,10,12)(H,13,14,15)/b8-7-. The van der Waals surface area contributed by atoms with Gasteiger partial charge < -0.3 is 10.4 Å². The number of allylic oxidation sites excluding steroid dienone is 1. The lowest BCUT2D eigenvalue weighted by atomic mass is 10.2. The highest BCUT2D eigenvalue weighted by Crippen LogP contribution is 2.03. The Balaban J connectivity index is 4.48. The van der Waals surface area contributed by atoms with Crippen molar-refractivity contribution in [3.63, 3.8) is 0 Å². The fraction of sp³-hybridized carbons (Fsp3) is 0.222. The van der Waals surface area contributed by atoms with E-state index < -0.39 is 21.8 Å². The lowest BCUT2D eigenvalue weighted by Gasteiger charge is -2.05. The number of aliphatic hydroxyl groups excluding tert-OH is 1. The van der Waals surface area contributed by atoms with Gasteiger partial charge in [0, 0.05) is 6.54 Å². The van der Waals surface area contributed by atoms with Crippen LogP contribution in [0.5, 0.6) is 0 Å². The first-order valence-corrected chi connectivity index (χ1v) is 5.84. The summed E-state index contributed by atoms with van der Waals surface area (Å²) < 4.78 is 29.1. The van der Waals surface area contributed by atoms with Gasteiger partial charge in [0.05, 0.1) is 11.3 Å². The van der Waals surface area contributed by atoms with Gasteiger partial charge in [0.2, 0.25) is 0 Å². The van der Waals surface area contributed by atoms with Crippen LogP contribution >= 0.6 is 0 Å². The largest absolute Gasteiger partial charge is 0.507 e. The molecule has 0 bridgehead atoms. The minimum atomic E-state index is -4.12. The van der Waals surface area contributed by atoms with E-state index >= 15 is 0 Å². The summed E-state index contributed by atoms with van der Waals surface area (Å²) in [7, 11) is -4.12. The number of aliphatic hydroxyl groups is 1. The van der Waals surface area contributed by atoms with E-state index in [1.807, 2.05) is 0 Å². The van der Waals surface area contributed by atoms with Crippen molar-refractivity contribution in [2.24, 2.45) is 0 Å². The zero-order valence-corrected chi connectivity index (χ0v) is 9.33. The van der Waals surface area contributed by atoms with Gasteiger partial charge in [0.1, 0.15) is 5.76 Å². The Bertz CT molecular complexity index is 421. The molecule has 0 heterocycles. The van der Waals surface area contributed by atoms with Gasteiger partial charge in [-0.2, -0.15) is 8.42 Å².